The molecule has 0 rings (SSSR count). The van der Waals surface area contributed by atoms with E-state index in [-0.39, 0.29) is 25.7 Å². The summed E-state index contributed by atoms with van der Waals surface area (Å²) in [6.07, 6.45) is 44.8. The Hall–Kier alpha value is -1.94. The van der Waals surface area contributed by atoms with Crippen LogP contribution in [-0.2, 0) is 65.4 Å². The lowest BCUT2D eigenvalue weighted by Crippen LogP contribution is -2.30. The van der Waals surface area contributed by atoms with Gasteiger partial charge >= 0.3 is 39.5 Å². The van der Waals surface area contributed by atoms with Gasteiger partial charge in [0, 0.05) is 25.7 Å². The van der Waals surface area contributed by atoms with Crippen molar-refractivity contribution in [2.45, 2.75) is 362 Å². The minimum atomic E-state index is -4.95. The van der Waals surface area contributed by atoms with Crippen LogP contribution in [0.3, 0.4) is 0 Å². The molecule has 0 aromatic heterocycles. The first-order valence-electron chi connectivity index (χ1n) is 35.5. The summed E-state index contributed by atoms with van der Waals surface area (Å²) in [4.78, 5) is 72.1. The topological polar surface area (TPSA) is 237 Å². The Kier molecular flexibility index (Phi) is 59.0. The highest BCUT2D eigenvalue weighted by Crippen LogP contribution is 2.45. The van der Waals surface area contributed by atoms with Crippen LogP contribution in [0.15, 0.2) is 0 Å². The monoisotopic (exact) mass is 1280 g/mol. The molecule has 0 saturated carbocycles. The van der Waals surface area contributed by atoms with Crippen LogP contribution in [0, 0.1) is 11.8 Å². The van der Waals surface area contributed by atoms with Gasteiger partial charge in [-0.25, -0.2) is 9.13 Å². The van der Waals surface area contributed by atoms with E-state index < -0.39 is 97.5 Å². The highest BCUT2D eigenvalue weighted by Gasteiger charge is 2.30. The third kappa shape index (κ3) is 61.3. The van der Waals surface area contributed by atoms with Crippen molar-refractivity contribution >= 4 is 39.5 Å². The number of carbonyl (C=O) groups is 4. The van der Waals surface area contributed by atoms with Crippen molar-refractivity contribution in [2.75, 3.05) is 39.6 Å². The number of ether oxygens (including phenoxy) is 4. The van der Waals surface area contributed by atoms with Gasteiger partial charge in [0.05, 0.1) is 26.4 Å². The SMILES string of the molecule is CCCCCCCCCC(=O)OC[C@H](COP(=O)(O)OC[C@H](O)COP(=O)(O)OC[C@@H](COC(=O)CCCCCCCCCCC(C)CC)OC(=O)CCCCCCCCCCCCCCCCCCCCC(C)C)OC(=O)CCCCCCCCC. The van der Waals surface area contributed by atoms with Gasteiger partial charge in [0.1, 0.15) is 19.3 Å². The third-order valence-corrected chi connectivity index (χ3v) is 18.0. The number of unbranched alkanes of at least 4 members (excludes halogenated alkanes) is 36. The van der Waals surface area contributed by atoms with Crippen LogP contribution in [0.1, 0.15) is 343 Å². The van der Waals surface area contributed by atoms with E-state index in [9.17, 15) is 43.2 Å². The molecule has 0 aliphatic rings. The first-order chi connectivity index (χ1) is 41.9. The van der Waals surface area contributed by atoms with E-state index in [4.69, 9.17) is 37.0 Å². The number of phosphoric ester groups is 2. The van der Waals surface area contributed by atoms with Gasteiger partial charge in [-0.2, -0.15) is 0 Å². The summed E-state index contributed by atoms with van der Waals surface area (Å²) in [7, 11) is -9.88. The molecule has 0 amide bonds. The van der Waals surface area contributed by atoms with Crippen molar-refractivity contribution in [1.29, 1.82) is 0 Å². The zero-order chi connectivity index (χ0) is 64.3. The number of rotatable bonds is 67. The fraction of sp³-hybridized carbons (Fsp3) is 0.941. The van der Waals surface area contributed by atoms with Crippen molar-refractivity contribution < 1.29 is 80.2 Å². The van der Waals surface area contributed by atoms with Crippen LogP contribution in [-0.4, -0.2) is 96.7 Å². The smallest absolute Gasteiger partial charge is 0.462 e. The van der Waals surface area contributed by atoms with E-state index in [1.165, 1.54) is 135 Å². The lowest BCUT2D eigenvalue weighted by atomic mass is 9.99. The van der Waals surface area contributed by atoms with Crippen molar-refractivity contribution in [3.63, 3.8) is 0 Å². The van der Waals surface area contributed by atoms with Crippen LogP contribution in [0.5, 0.6) is 0 Å². The molecule has 0 aromatic carbocycles. The minimum Gasteiger partial charge on any atom is -0.462 e. The largest absolute Gasteiger partial charge is 0.472 e. The minimum absolute atomic E-state index is 0.103. The quantitative estimate of drug-likeness (QED) is 0.0222. The molecule has 0 fully saturated rings. The second-order valence-electron chi connectivity index (χ2n) is 25.3. The first-order valence-corrected chi connectivity index (χ1v) is 38.5. The molecule has 87 heavy (non-hydrogen) atoms. The van der Waals surface area contributed by atoms with Gasteiger partial charge < -0.3 is 33.8 Å². The van der Waals surface area contributed by atoms with Crippen molar-refractivity contribution in [2.24, 2.45) is 11.8 Å². The maximum Gasteiger partial charge on any atom is 0.472 e. The number of aliphatic hydroxyl groups is 1. The molecule has 19 heteroatoms. The summed E-state index contributed by atoms with van der Waals surface area (Å²) in [6.45, 7) is 9.48. The Morgan fingerprint density at radius 1 is 0.333 bits per heavy atom. The Morgan fingerprint density at radius 3 is 0.874 bits per heavy atom. The molecule has 0 spiro atoms. The summed E-state index contributed by atoms with van der Waals surface area (Å²) < 4.78 is 67.9. The molecule has 6 atom stereocenters. The summed E-state index contributed by atoms with van der Waals surface area (Å²) >= 11 is 0. The van der Waals surface area contributed by atoms with Gasteiger partial charge in [-0.15, -0.1) is 0 Å². The zero-order valence-electron chi connectivity index (χ0n) is 56.3. The van der Waals surface area contributed by atoms with Crippen LogP contribution >= 0.6 is 15.6 Å². The normalized spacial score (nSPS) is 14.5. The van der Waals surface area contributed by atoms with Crippen LogP contribution in [0.4, 0.5) is 0 Å². The molecule has 0 saturated heterocycles. The average Bonchev–Trinajstić information content (AvgIpc) is 3.71. The summed E-state index contributed by atoms with van der Waals surface area (Å²) in [6, 6.07) is 0. The second-order valence-corrected chi connectivity index (χ2v) is 28.2. The number of phosphoric acid groups is 2. The van der Waals surface area contributed by atoms with E-state index in [0.29, 0.717) is 25.7 Å². The number of esters is 4. The summed E-state index contributed by atoms with van der Waals surface area (Å²) in [5.74, 6) is -0.540. The van der Waals surface area contributed by atoms with Gasteiger partial charge in [-0.05, 0) is 37.5 Å². The second kappa shape index (κ2) is 60.3. The van der Waals surface area contributed by atoms with Gasteiger partial charge in [0.2, 0.25) is 0 Å². The summed E-state index contributed by atoms with van der Waals surface area (Å²) in [5, 5.41) is 10.5. The van der Waals surface area contributed by atoms with Crippen LogP contribution in [0.2, 0.25) is 0 Å². The Bertz CT molecular complexity index is 1700. The van der Waals surface area contributed by atoms with Gasteiger partial charge in [0.15, 0.2) is 12.2 Å². The Labute approximate surface area is 530 Å². The molecule has 3 unspecified atom stereocenters. The predicted octanol–water partition coefficient (Wildman–Crippen LogP) is 19.2. The maximum absolute atomic E-state index is 13.0. The molecule has 0 aliphatic heterocycles. The number of hydrogen-bond acceptors (Lipinski definition) is 15. The molecule has 17 nitrogen and oxygen atoms in total. The molecular formula is C68H132O17P2. The molecule has 0 aliphatic carbocycles. The summed E-state index contributed by atoms with van der Waals surface area (Å²) in [5.41, 5.74) is 0. The van der Waals surface area contributed by atoms with Crippen LogP contribution in [0.25, 0.3) is 0 Å². The fourth-order valence-electron chi connectivity index (χ4n) is 10.2. The lowest BCUT2D eigenvalue weighted by molar-refractivity contribution is -0.161. The van der Waals surface area contributed by atoms with Gasteiger partial charge in [-0.3, -0.25) is 37.3 Å². The Balaban J connectivity index is 5.11. The van der Waals surface area contributed by atoms with Crippen molar-refractivity contribution in [3.05, 3.63) is 0 Å². The van der Waals surface area contributed by atoms with E-state index >= 15 is 0 Å². The molecule has 0 aromatic rings. The third-order valence-electron chi connectivity index (χ3n) is 16.1. The highest BCUT2D eigenvalue weighted by molar-refractivity contribution is 7.47. The fourth-order valence-corrected chi connectivity index (χ4v) is 11.8. The molecule has 0 bridgehead atoms. The van der Waals surface area contributed by atoms with Gasteiger partial charge in [-0.1, -0.05) is 292 Å². The molecule has 0 radical (unpaired) electrons. The van der Waals surface area contributed by atoms with Crippen LogP contribution < -0.4 is 0 Å². The maximum atomic E-state index is 13.0. The van der Waals surface area contributed by atoms with E-state index in [1.807, 2.05) is 0 Å². The van der Waals surface area contributed by atoms with Gasteiger partial charge in [0.25, 0.3) is 0 Å². The number of aliphatic hydroxyl groups excluding tert-OH is 1. The van der Waals surface area contributed by atoms with E-state index in [2.05, 4.69) is 41.5 Å². The molecule has 3 N–H and O–H groups in total. The van der Waals surface area contributed by atoms with Crippen molar-refractivity contribution in [3.8, 4) is 0 Å². The number of hydrogen-bond donors (Lipinski definition) is 3. The van der Waals surface area contributed by atoms with E-state index in [0.717, 1.165) is 127 Å². The average molecular weight is 1280 g/mol. The lowest BCUT2D eigenvalue weighted by Gasteiger charge is -2.21. The zero-order valence-corrected chi connectivity index (χ0v) is 58.1. The van der Waals surface area contributed by atoms with Crippen molar-refractivity contribution in [1.82, 2.24) is 0 Å². The number of carbonyl (C=O) groups excluding carboxylic acids is 4. The molecule has 516 valence electrons. The predicted molar refractivity (Wildman–Crippen MR) is 349 cm³/mol. The van der Waals surface area contributed by atoms with E-state index in [1.54, 1.807) is 0 Å². The molecular weight excluding hydrogens is 1150 g/mol. The highest BCUT2D eigenvalue weighted by atomic mass is 31.2. The Morgan fingerprint density at radius 2 is 0.586 bits per heavy atom. The standard InChI is InChI=1S/C68H132O17P2/c1-7-10-12-14-30-38-44-50-65(70)78-56-63(84-67(72)52-46-40-31-15-13-11-8-2)58-82-86(74,75)80-54-62(69)55-81-87(76,77)83-59-64(57-79-66(71)51-45-39-34-29-28-33-37-43-49-61(6)9-3)85-68(73)53-47-41-35-27-25-23-21-19-17-16-18-20-22-24-26-32-36-42-48-60(4)5/h60-64,69H,7-59H2,1-6H3,(H,74,75)(H,76,77)/t61?,62-,63+,64+/m0/s1. The first kappa shape index (κ1) is 85.1. The molecule has 0 heterocycles.